The van der Waals surface area contributed by atoms with E-state index in [1.807, 2.05) is 31.3 Å². The van der Waals surface area contributed by atoms with Crippen LogP contribution in [0.25, 0.3) is 0 Å². The number of rotatable bonds is 3. The molecule has 0 heterocycles. The molecular weight excluding hydrogens is 162 g/mol. The Morgan fingerprint density at radius 2 is 2.08 bits per heavy atom. The van der Waals surface area contributed by atoms with Gasteiger partial charge < -0.3 is 11.1 Å². The summed E-state index contributed by atoms with van der Waals surface area (Å²) in [6, 6.07) is 9.66. The highest BCUT2D eigenvalue weighted by Gasteiger charge is 2.03. The van der Waals surface area contributed by atoms with E-state index in [2.05, 4.69) is 11.4 Å². The molecule has 0 fully saturated rings. The third kappa shape index (κ3) is 2.46. The number of anilines is 1. The predicted octanol–water partition coefficient (Wildman–Crippen LogP) is 1.64. The average Bonchev–Trinajstić information content (AvgIpc) is 2.18. The van der Waals surface area contributed by atoms with Crippen molar-refractivity contribution in [2.45, 2.75) is 12.5 Å². The lowest BCUT2D eigenvalue weighted by Gasteiger charge is -2.08. The molecule has 0 spiro atoms. The second kappa shape index (κ2) is 4.48. The van der Waals surface area contributed by atoms with E-state index in [-0.39, 0.29) is 6.04 Å². The number of hydrogen-bond acceptors (Lipinski definition) is 3. The minimum Gasteiger partial charge on any atom is -0.388 e. The van der Waals surface area contributed by atoms with Gasteiger partial charge in [0.2, 0.25) is 0 Å². The molecule has 0 bridgehead atoms. The zero-order valence-electron chi connectivity index (χ0n) is 7.62. The first-order chi connectivity index (χ1) is 6.27. The van der Waals surface area contributed by atoms with Gasteiger partial charge in [0.05, 0.1) is 12.5 Å². The Labute approximate surface area is 78.2 Å². The molecule has 13 heavy (non-hydrogen) atoms. The van der Waals surface area contributed by atoms with E-state index in [0.29, 0.717) is 6.42 Å². The lowest BCUT2D eigenvalue weighted by atomic mass is 10.1. The molecule has 0 aliphatic rings. The van der Waals surface area contributed by atoms with Crippen molar-refractivity contribution in [3.8, 4) is 6.07 Å². The van der Waals surface area contributed by atoms with Crippen molar-refractivity contribution in [3.05, 3.63) is 29.8 Å². The van der Waals surface area contributed by atoms with Crippen LogP contribution in [0.15, 0.2) is 24.3 Å². The van der Waals surface area contributed by atoms with E-state index in [0.717, 1.165) is 11.3 Å². The quantitative estimate of drug-likeness (QED) is 0.734. The Kier molecular flexibility index (Phi) is 3.30. The number of benzene rings is 1. The van der Waals surface area contributed by atoms with Gasteiger partial charge in [0, 0.05) is 18.8 Å². The predicted molar refractivity (Wildman–Crippen MR) is 53.1 cm³/mol. The average molecular weight is 175 g/mol. The molecule has 0 unspecified atom stereocenters. The van der Waals surface area contributed by atoms with Crippen LogP contribution in [-0.4, -0.2) is 7.05 Å². The first kappa shape index (κ1) is 9.56. The second-order valence-corrected chi connectivity index (χ2v) is 2.84. The van der Waals surface area contributed by atoms with Gasteiger partial charge >= 0.3 is 0 Å². The second-order valence-electron chi connectivity index (χ2n) is 2.84. The Morgan fingerprint density at radius 3 is 2.54 bits per heavy atom. The molecule has 68 valence electrons. The highest BCUT2D eigenvalue weighted by Crippen LogP contribution is 2.16. The van der Waals surface area contributed by atoms with Crippen LogP contribution in [0.5, 0.6) is 0 Å². The van der Waals surface area contributed by atoms with E-state index >= 15 is 0 Å². The van der Waals surface area contributed by atoms with Crippen molar-refractivity contribution in [1.29, 1.82) is 5.26 Å². The first-order valence-corrected chi connectivity index (χ1v) is 4.18. The smallest absolute Gasteiger partial charge is 0.0641 e. The van der Waals surface area contributed by atoms with Crippen LogP contribution < -0.4 is 11.1 Å². The summed E-state index contributed by atoms with van der Waals surface area (Å²) in [5.41, 5.74) is 7.80. The molecule has 0 aliphatic heterocycles. The summed E-state index contributed by atoms with van der Waals surface area (Å²) in [4.78, 5) is 0. The maximum Gasteiger partial charge on any atom is 0.0641 e. The Hall–Kier alpha value is -1.53. The van der Waals surface area contributed by atoms with E-state index in [1.165, 1.54) is 0 Å². The van der Waals surface area contributed by atoms with Crippen molar-refractivity contribution in [2.24, 2.45) is 5.73 Å². The Morgan fingerprint density at radius 1 is 1.46 bits per heavy atom. The van der Waals surface area contributed by atoms with Crippen LogP contribution in [0.2, 0.25) is 0 Å². The molecule has 0 saturated carbocycles. The molecule has 0 aliphatic carbocycles. The lowest BCUT2D eigenvalue weighted by molar-refractivity contribution is 0.749. The van der Waals surface area contributed by atoms with E-state index in [4.69, 9.17) is 11.0 Å². The maximum absolute atomic E-state index is 8.46. The number of hydrogen-bond donors (Lipinski definition) is 2. The number of nitrogens with zero attached hydrogens (tertiary/aromatic N) is 1. The minimum absolute atomic E-state index is 0.170. The SMILES string of the molecule is CNc1ccc([C@H](N)CC#N)cc1. The first-order valence-electron chi connectivity index (χ1n) is 4.18. The van der Waals surface area contributed by atoms with Gasteiger partial charge in [-0.25, -0.2) is 0 Å². The normalized spacial score (nSPS) is 11.8. The van der Waals surface area contributed by atoms with Crippen molar-refractivity contribution in [3.63, 3.8) is 0 Å². The van der Waals surface area contributed by atoms with Crippen LogP contribution in [0.3, 0.4) is 0 Å². The largest absolute Gasteiger partial charge is 0.388 e. The summed E-state index contributed by atoms with van der Waals surface area (Å²) in [5.74, 6) is 0. The van der Waals surface area contributed by atoms with Crippen molar-refractivity contribution < 1.29 is 0 Å². The van der Waals surface area contributed by atoms with Crippen LogP contribution in [0.1, 0.15) is 18.0 Å². The summed E-state index contributed by atoms with van der Waals surface area (Å²) in [6.07, 6.45) is 0.360. The van der Waals surface area contributed by atoms with Crippen LogP contribution in [0.4, 0.5) is 5.69 Å². The lowest BCUT2D eigenvalue weighted by Crippen LogP contribution is -2.08. The molecule has 0 aromatic heterocycles. The molecule has 0 radical (unpaired) electrons. The standard InChI is InChI=1S/C10H13N3/c1-13-9-4-2-8(3-5-9)10(12)6-7-11/h2-5,10,13H,6,12H2,1H3/t10-/m1/s1. The van der Waals surface area contributed by atoms with Gasteiger partial charge in [0.1, 0.15) is 0 Å². The topological polar surface area (TPSA) is 61.8 Å². The molecule has 1 rings (SSSR count). The highest BCUT2D eigenvalue weighted by atomic mass is 14.8. The summed E-state index contributed by atoms with van der Waals surface area (Å²) >= 11 is 0. The van der Waals surface area contributed by atoms with E-state index in [9.17, 15) is 0 Å². The zero-order valence-corrected chi connectivity index (χ0v) is 7.62. The van der Waals surface area contributed by atoms with Gasteiger partial charge in [-0.3, -0.25) is 0 Å². The van der Waals surface area contributed by atoms with Gasteiger partial charge in [-0.1, -0.05) is 12.1 Å². The van der Waals surface area contributed by atoms with Gasteiger partial charge in [0.15, 0.2) is 0 Å². The zero-order chi connectivity index (χ0) is 9.68. The number of nitriles is 1. The van der Waals surface area contributed by atoms with Crippen molar-refractivity contribution >= 4 is 5.69 Å². The Balaban J connectivity index is 2.74. The molecule has 0 saturated heterocycles. The number of nitrogens with one attached hydrogen (secondary N) is 1. The third-order valence-corrected chi connectivity index (χ3v) is 1.94. The van der Waals surface area contributed by atoms with Gasteiger partial charge in [-0.15, -0.1) is 0 Å². The van der Waals surface area contributed by atoms with Gasteiger partial charge in [-0.05, 0) is 17.7 Å². The van der Waals surface area contributed by atoms with E-state index < -0.39 is 0 Å². The van der Waals surface area contributed by atoms with Crippen molar-refractivity contribution in [1.82, 2.24) is 0 Å². The summed E-state index contributed by atoms with van der Waals surface area (Å²) in [6.45, 7) is 0. The summed E-state index contributed by atoms with van der Waals surface area (Å²) in [5, 5.41) is 11.5. The third-order valence-electron chi connectivity index (χ3n) is 1.94. The number of nitrogens with two attached hydrogens (primary N) is 1. The fourth-order valence-corrected chi connectivity index (χ4v) is 1.11. The van der Waals surface area contributed by atoms with Gasteiger partial charge in [0.25, 0.3) is 0 Å². The fraction of sp³-hybridized carbons (Fsp3) is 0.300. The molecular formula is C10H13N3. The molecule has 1 aromatic rings. The minimum atomic E-state index is -0.170. The molecule has 1 atom stereocenters. The van der Waals surface area contributed by atoms with E-state index in [1.54, 1.807) is 0 Å². The maximum atomic E-state index is 8.46. The fourth-order valence-electron chi connectivity index (χ4n) is 1.11. The molecule has 3 heteroatoms. The monoisotopic (exact) mass is 175 g/mol. The summed E-state index contributed by atoms with van der Waals surface area (Å²) in [7, 11) is 1.87. The molecule has 3 nitrogen and oxygen atoms in total. The molecule has 0 amide bonds. The van der Waals surface area contributed by atoms with Crippen LogP contribution >= 0.6 is 0 Å². The van der Waals surface area contributed by atoms with Crippen LogP contribution in [0, 0.1) is 11.3 Å². The van der Waals surface area contributed by atoms with Crippen LogP contribution in [-0.2, 0) is 0 Å². The summed E-state index contributed by atoms with van der Waals surface area (Å²) < 4.78 is 0. The van der Waals surface area contributed by atoms with Crippen molar-refractivity contribution in [2.75, 3.05) is 12.4 Å². The highest BCUT2D eigenvalue weighted by molar-refractivity contribution is 5.44. The van der Waals surface area contributed by atoms with Gasteiger partial charge in [-0.2, -0.15) is 5.26 Å². The molecule has 1 aromatic carbocycles. The molecule has 3 N–H and O–H groups in total. The Bertz CT molecular complexity index is 297.